The maximum Gasteiger partial charge on any atom is 0.310 e. The lowest BCUT2D eigenvalue weighted by atomic mass is 9.77. The summed E-state index contributed by atoms with van der Waals surface area (Å²) in [4.78, 5) is 25.9. The quantitative estimate of drug-likeness (QED) is 0.847. The van der Waals surface area contributed by atoms with Gasteiger partial charge in [-0.05, 0) is 30.7 Å². The number of carbonyl (C=O) groups is 2. The Labute approximate surface area is 132 Å². The Morgan fingerprint density at radius 3 is 2.95 bits per heavy atom. The van der Waals surface area contributed by atoms with Crippen molar-refractivity contribution in [2.75, 3.05) is 11.4 Å². The van der Waals surface area contributed by atoms with Crippen LogP contribution in [-0.2, 0) is 14.3 Å². The number of fused-ring (bicyclic) bond motifs is 1. The number of rotatable bonds is 2. The Morgan fingerprint density at radius 1 is 1.50 bits per heavy atom. The number of carboxylic acids is 1. The minimum absolute atomic E-state index is 0.194. The number of aliphatic carboxylic acids is 1. The fourth-order valence-corrected chi connectivity index (χ4v) is 3.91. The molecule has 1 spiro atoms. The van der Waals surface area contributed by atoms with Crippen molar-refractivity contribution >= 4 is 29.2 Å². The van der Waals surface area contributed by atoms with Gasteiger partial charge >= 0.3 is 5.97 Å². The van der Waals surface area contributed by atoms with Crippen molar-refractivity contribution in [2.45, 2.75) is 18.6 Å². The van der Waals surface area contributed by atoms with E-state index in [2.05, 4.69) is 0 Å². The van der Waals surface area contributed by atoms with Gasteiger partial charge in [-0.25, -0.2) is 0 Å². The third-order valence-corrected chi connectivity index (χ3v) is 5.26. The lowest BCUT2D eigenvalue weighted by Crippen LogP contribution is -2.39. The van der Waals surface area contributed by atoms with Crippen LogP contribution in [0.5, 0.6) is 0 Å². The molecule has 4 atom stereocenters. The van der Waals surface area contributed by atoms with E-state index in [9.17, 15) is 14.7 Å². The number of hydrogen-bond acceptors (Lipinski definition) is 3. The number of anilines is 1. The maximum absolute atomic E-state index is 12.8. The molecule has 0 unspecified atom stereocenters. The second kappa shape index (κ2) is 4.33. The van der Waals surface area contributed by atoms with Gasteiger partial charge in [-0.2, -0.15) is 0 Å². The summed E-state index contributed by atoms with van der Waals surface area (Å²) < 4.78 is 5.85. The summed E-state index contributed by atoms with van der Waals surface area (Å²) in [6.07, 6.45) is 3.11. The van der Waals surface area contributed by atoms with E-state index in [1.807, 2.05) is 19.1 Å². The van der Waals surface area contributed by atoms with Crippen molar-refractivity contribution in [3.05, 3.63) is 40.9 Å². The highest BCUT2D eigenvalue weighted by Gasteiger charge is 2.67. The summed E-state index contributed by atoms with van der Waals surface area (Å²) in [5.41, 5.74) is 0.788. The number of carboxylic acid groups (broad SMARTS) is 1. The number of nitrogens with zero attached hydrogens (tertiary/aromatic N) is 1. The molecule has 3 heterocycles. The predicted octanol–water partition coefficient (Wildman–Crippen LogP) is 2.02. The lowest BCUT2D eigenvalue weighted by Gasteiger charge is -2.21. The number of benzene rings is 1. The Balaban J connectivity index is 1.74. The Hall–Kier alpha value is -1.85. The van der Waals surface area contributed by atoms with Crippen molar-refractivity contribution in [3.63, 3.8) is 0 Å². The van der Waals surface area contributed by atoms with E-state index >= 15 is 0 Å². The predicted molar refractivity (Wildman–Crippen MR) is 79.9 cm³/mol. The van der Waals surface area contributed by atoms with Crippen LogP contribution in [0.1, 0.15) is 5.56 Å². The standard InChI is InChI=1S/C16H14ClNO4/c1-8-6-9(2-3-10(8)17)18-7-16-5-4-11(22-16)12(15(20)21)13(16)14(18)19/h2-6,11-13H,7H2,1H3,(H,20,21)/t11-,12-,13+,16-/m0/s1. The molecule has 2 fully saturated rings. The van der Waals surface area contributed by atoms with Gasteiger partial charge in [0.25, 0.3) is 0 Å². The highest BCUT2D eigenvalue weighted by molar-refractivity contribution is 6.31. The van der Waals surface area contributed by atoms with Crippen LogP contribution in [0.3, 0.4) is 0 Å². The minimum atomic E-state index is -0.983. The van der Waals surface area contributed by atoms with Crippen LogP contribution in [0.25, 0.3) is 0 Å². The molecule has 6 heteroatoms. The first kappa shape index (κ1) is 13.8. The number of amides is 1. The summed E-state index contributed by atoms with van der Waals surface area (Å²) in [5.74, 6) is -2.64. The molecule has 0 aromatic heterocycles. The molecule has 0 saturated carbocycles. The maximum atomic E-state index is 12.8. The van der Waals surface area contributed by atoms with E-state index < -0.39 is 29.5 Å². The van der Waals surface area contributed by atoms with Gasteiger partial charge in [-0.15, -0.1) is 0 Å². The van der Waals surface area contributed by atoms with Crippen LogP contribution in [0, 0.1) is 18.8 Å². The van der Waals surface area contributed by atoms with Crippen molar-refractivity contribution < 1.29 is 19.4 Å². The lowest BCUT2D eigenvalue weighted by molar-refractivity contribution is -0.146. The van der Waals surface area contributed by atoms with Gasteiger partial charge in [0.15, 0.2) is 0 Å². The largest absolute Gasteiger partial charge is 0.481 e. The van der Waals surface area contributed by atoms with Gasteiger partial charge in [0.2, 0.25) is 5.91 Å². The summed E-state index contributed by atoms with van der Waals surface area (Å²) in [7, 11) is 0. The van der Waals surface area contributed by atoms with Gasteiger partial charge in [0, 0.05) is 10.7 Å². The summed E-state index contributed by atoms with van der Waals surface area (Å²) in [6, 6.07) is 5.36. The summed E-state index contributed by atoms with van der Waals surface area (Å²) >= 11 is 6.03. The molecule has 0 aliphatic carbocycles. The van der Waals surface area contributed by atoms with E-state index in [1.54, 1.807) is 23.1 Å². The van der Waals surface area contributed by atoms with Crippen LogP contribution in [-0.4, -0.2) is 35.2 Å². The van der Waals surface area contributed by atoms with Gasteiger partial charge in [-0.1, -0.05) is 23.8 Å². The van der Waals surface area contributed by atoms with Crippen LogP contribution in [0.4, 0.5) is 5.69 Å². The fourth-order valence-electron chi connectivity index (χ4n) is 3.80. The van der Waals surface area contributed by atoms with E-state index in [0.717, 1.165) is 11.3 Å². The van der Waals surface area contributed by atoms with Crippen molar-refractivity contribution in [2.24, 2.45) is 11.8 Å². The zero-order valence-electron chi connectivity index (χ0n) is 11.8. The van der Waals surface area contributed by atoms with E-state index in [-0.39, 0.29) is 5.91 Å². The average molecular weight is 320 g/mol. The minimum Gasteiger partial charge on any atom is -0.481 e. The second-order valence-electron chi connectivity index (χ2n) is 6.10. The number of carbonyl (C=O) groups excluding carboxylic acids is 1. The van der Waals surface area contributed by atoms with Crippen molar-refractivity contribution in [3.8, 4) is 0 Å². The van der Waals surface area contributed by atoms with Crippen LogP contribution >= 0.6 is 11.6 Å². The van der Waals surface area contributed by atoms with Gasteiger partial charge in [0.1, 0.15) is 11.5 Å². The topological polar surface area (TPSA) is 66.8 Å². The number of halogens is 1. The molecular formula is C16H14ClNO4. The highest BCUT2D eigenvalue weighted by atomic mass is 35.5. The van der Waals surface area contributed by atoms with Crippen molar-refractivity contribution in [1.82, 2.24) is 0 Å². The van der Waals surface area contributed by atoms with E-state index in [1.165, 1.54) is 0 Å². The first-order valence-corrected chi connectivity index (χ1v) is 7.48. The Morgan fingerprint density at radius 2 is 2.27 bits per heavy atom. The fraction of sp³-hybridized carbons (Fsp3) is 0.375. The molecule has 2 bridgehead atoms. The third-order valence-electron chi connectivity index (χ3n) is 4.84. The molecular weight excluding hydrogens is 306 g/mol. The van der Waals surface area contributed by atoms with E-state index in [4.69, 9.17) is 16.3 Å². The molecule has 1 N–H and O–H groups in total. The normalized spacial score (nSPS) is 35.3. The SMILES string of the molecule is Cc1cc(N2C[C@]34C=C[C@H](O3)[C@H](C(=O)O)[C@@H]4C2=O)ccc1Cl. The van der Waals surface area contributed by atoms with Gasteiger partial charge in [0.05, 0.1) is 18.6 Å². The molecule has 1 aromatic carbocycles. The first-order valence-electron chi connectivity index (χ1n) is 7.10. The zero-order chi connectivity index (χ0) is 15.6. The zero-order valence-corrected chi connectivity index (χ0v) is 12.6. The third kappa shape index (κ3) is 1.63. The van der Waals surface area contributed by atoms with Crippen LogP contribution in [0.15, 0.2) is 30.4 Å². The second-order valence-corrected chi connectivity index (χ2v) is 6.50. The monoisotopic (exact) mass is 319 g/mol. The molecule has 5 nitrogen and oxygen atoms in total. The number of hydrogen-bond donors (Lipinski definition) is 1. The van der Waals surface area contributed by atoms with Gasteiger partial charge in [-0.3, -0.25) is 9.59 Å². The number of ether oxygens (including phenoxy) is 1. The highest BCUT2D eigenvalue weighted by Crippen LogP contribution is 2.52. The smallest absolute Gasteiger partial charge is 0.310 e. The molecule has 3 aliphatic rings. The van der Waals surface area contributed by atoms with Crippen LogP contribution < -0.4 is 4.90 Å². The van der Waals surface area contributed by atoms with Crippen LogP contribution in [0.2, 0.25) is 5.02 Å². The first-order chi connectivity index (χ1) is 10.4. The molecule has 3 aliphatic heterocycles. The molecule has 0 radical (unpaired) electrons. The average Bonchev–Trinajstić information content (AvgIpc) is 3.10. The molecule has 4 rings (SSSR count). The molecule has 2 saturated heterocycles. The molecule has 114 valence electrons. The Kier molecular flexibility index (Phi) is 2.72. The van der Waals surface area contributed by atoms with Crippen molar-refractivity contribution in [1.29, 1.82) is 0 Å². The number of aryl methyl sites for hydroxylation is 1. The Bertz CT molecular complexity index is 731. The summed E-state index contributed by atoms with van der Waals surface area (Å²) in [5, 5.41) is 10.1. The summed E-state index contributed by atoms with van der Waals surface area (Å²) in [6.45, 7) is 2.21. The molecule has 1 amide bonds. The molecule has 1 aromatic rings. The van der Waals surface area contributed by atoms with Gasteiger partial charge < -0.3 is 14.7 Å². The van der Waals surface area contributed by atoms with E-state index in [0.29, 0.717) is 11.6 Å². The molecule has 22 heavy (non-hydrogen) atoms.